The van der Waals surface area contributed by atoms with Crippen LogP contribution >= 0.6 is 0 Å². The van der Waals surface area contributed by atoms with Crippen molar-refractivity contribution in [2.75, 3.05) is 26.7 Å². The van der Waals surface area contributed by atoms with E-state index in [9.17, 15) is 0 Å². The standard InChI is InChI=1S/C12H26N2O/c1-10(2)14(7-8-15)9-11-5-4-6-12(11)13-3/h10-13,15H,4-9H2,1-3H3. The molecule has 1 fully saturated rings. The van der Waals surface area contributed by atoms with E-state index in [-0.39, 0.29) is 6.61 Å². The largest absolute Gasteiger partial charge is 0.395 e. The van der Waals surface area contributed by atoms with E-state index in [4.69, 9.17) is 5.11 Å². The SMILES string of the molecule is CNC1CCCC1CN(CCO)C(C)C. The summed E-state index contributed by atoms with van der Waals surface area (Å²) in [6.45, 7) is 6.63. The number of hydrogen-bond acceptors (Lipinski definition) is 3. The fraction of sp³-hybridized carbons (Fsp3) is 1.00. The highest BCUT2D eigenvalue weighted by molar-refractivity contribution is 4.84. The molecule has 1 aliphatic carbocycles. The number of nitrogens with zero attached hydrogens (tertiary/aromatic N) is 1. The Bertz CT molecular complexity index is 173. The summed E-state index contributed by atoms with van der Waals surface area (Å²) in [4.78, 5) is 2.39. The van der Waals surface area contributed by atoms with Crippen LogP contribution in [0.25, 0.3) is 0 Å². The highest BCUT2D eigenvalue weighted by Gasteiger charge is 2.27. The van der Waals surface area contributed by atoms with Crippen LogP contribution in [-0.4, -0.2) is 48.8 Å². The minimum absolute atomic E-state index is 0.273. The van der Waals surface area contributed by atoms with Crippen LogP contribution in [-0.2, 0) is 0 Å². The van der Waals surface area contributed by atoms with Crippen molar-refractivity contribution in [3.05, 3.63) is 0 Å². The smallest absolute Gasteiger partial charge is 0.0558 e. The Labute approximate surface area is 93.9 Å². The van der Waals surface area contributed by atoms with E-state index in [1.807, 2.05) is 0 Å². The summed E-state index contributed by atoms with van der Waals surface area (Å²) >= 11 is 0. The number of aliphatic hydroxyl groups excluding tert-OH is 1. The molecular weight excluding hydrogens is 188 g/mol. The molecule has 0 saturated heterocycles. The second-order valence-electron chi connectivity index (χ2n) is 4.90. The normalized spacial score (nSPS) is 26.8. The Morgan fingerprint density at radius 3 is 2.67 bits per heavy atom. The summed E-state index contributed by atoms with van der Waals surface area (Å²) in [6, 6.07) is 1.22. The van der Waals surface area contributed by atoms with E-state index in [0.29, 0.717) is 12.1 Å². The molecule has 3 nitrogen and oxygen atoms in total. The maximum atomic E-state index is 9.03. The summed E-state index contributed by atoms with van der Waals surface area (Å²) in [5.74, 6) is 0.768. The molecule has 1 saturated carbocycles. The second kappa shape index (κ2) is 6.46. The molecule has 0 amide bonds. The second-order valence-corrected chi connectivity index (χ2v) is 4.90. The van der Waals surface area contributed by atoms with Crippen LogP contribution in [0.5, 0.6) is 0 Å². The van der Waals surface area contributed by atoms with Gasteiger partial charge in [0.25, 0.3) is 0 Å². The average Bonchev–Trinajstić information content (AvgIpc) is 2.64. The molecule has 0 heterocycles. The molecule has 0 aliphatic heterocycles. The van der Waals surface area contributed by atoms with Gasteiger partial charge >= 0.3 is 0 Å². The molecule has 90 valence electrons. The predicted molar refractivity (Wildman–Crippen MR) is 64.0 cm³/mol. The first-order valence-electron chi connectivity index (χ1n) is 6.21. The Kier molecular flexibility index (Phi) is 5.58. The van der Waals surface area contributed by atoms with E-state index >= 15 is 0 Å². The Morgan fingerprint density at radius 1 is 1.40 bits per heavy atom. The molecule has 15 heavy (non-hydrogen) atoms. The van der Waals surface area contributed by atoms with Crippen molar-refractivity contribution in [1.82, 2.24) is 10.2 Å². The van der Waals surface area contributed by atoms with Crippen LogP contribution in [0.2, 0.25) is 0 Å². The van der Waals surface area contributed by atoms with Gasteiger partial charge in [-0.25, -0.2) is 0 Å². The van der Waals surface area contributed by atoms with Crippen LogP contribution < -0.4 is 5.32 Å². The van der Waals surface area contributed by atoms with E-state index in [1.165, 1.54) is 19.3 Å². The van der Waals surface area contributed by atoms with Gasteiger partial charge < -0.3 is 10.4 Å². The monoisotopic (exact) mass is 214 g/mol. The van der Waals surface area contributed by atoms with Gasteiger partial charge in [-0.3, -0.25) is 4.90 Å². The van der Waals surface area contributed by atoms with Crippen molar-refractivity contribution < 1.29 is 5.11 Å². The van der Waals surface area contributed by atoms with Gasteiger partial charge in [0.15, 0.2) is 0 Å². The number of nitrogens with one attached hydrogen (secondary N) is 1. The molecule has 0 spiro atoms. The van der Waals surface area contributed by atoms with Crippen LogP contribution in [0.15, 0.2) is 0 Å². The van der Waals surface area contributed by atoms with Gasteiger partial charge in [0, 0.05) is 25.2 Å². The number of hydrogen-bond donors (Lipinski definition) is 2. The van der Waals surface area contributed by atoms with Crippen molar-refractivity contribution >= 4 is 0 Å². The van der Waals surface area contributed by atoms with E-state index < -0.39 is 0 Å². The van der Waals surface area contributed by atoms with Crippen molar-refractivity contribution in [3.63, 3.8) is 0 Å². The lowest BCUT2D eigenvalue weighted by molar-refractivity contribution is 0.139. The Morgan fingerprint density at radius 2 is 2.13 bits per heavy atom. The predicted octanol–water partition coefficient (Wildman–Crippen LogP) is 1.08. The average molecular weight is 214 g/mol. The molecule has 1 aliphatic rings. The summed E-state index contributed by atoms with van der Waals surface area (Å²) in [7, 11) is 2.06. The van der Waals surface area contributed by atoms with Crippen LogP contribution in [0.4, 0.5) is 0 Å². The van der Waals surface area contributed by atoms with E-state index in [2.05, 4.69) is 31.1 Å². The van der Waals surface area contributed by atoms with Crippen molar-refractivity contribution in [3.8, 4) is 0 Å². The lowest BCUT2D eigenvalue weighted by Crippen LogP contribution is -2.42. The van der Waals surface area contributed by atoms with Gasteiger partial charge in [-0.1, -0.05) is 6.42 Å². The highest BCUT2D eigenvalue weighted by Crippen LogP contribution is 2.26. The van der Waals surface area contributed by atoms with E-state index in [0.717, 1.165) is 19.0 Å². The summed E-state index contributed by atoms with van der Waals surface area (Å²) in [5, 5.41) is 12.4. The lowest BCUT2D eigenvalue weighted by Gasteiger charge is -2.31. The molecule has 2 unspecified atom stereocenters. The molecule has 0 aromatic rings. The molecule has 0 radical (unpaired) electrons. The van der Waals surface area contributed by atoms with Gasteiger partial charge in [0.2, 0.25) is 0 Å². The first-order chi connectivity index (χ1) is 7.19. The fourth-order valence-corrected chi connectivity index (χ4v) is 2.63. The van der Waals surface area contributed by atoms with E-state index in [1.54, 1.807) is 0 Å². The Balaban J connectivity index is 2.42. The number of aliphatic hydroxyl groups is 1. The third kappa shape index (κ3) is 3.74. The molecule has 0 aromatic heterocycles. The molecule has 3 heteroatoms. The van der Waals surface area contributed by atoms with Crippen LogP contribution in [0.1, 0.15) is 33.1 Å². The van der Waals surface area contributed by atoms with Gasteiger partial charge in [-0.2, -0.15) is 0 Å². The molecule has 0 aromatic carbocycles. The first-order valence-corrected chi connectivity index (χ1v) is 6.21. The van der Waals surface area contributed by atoms with Crippen LogP contribution in [0.3, 0.4) is 0 Å². The highest BCUT2D eigenvalue weighted by atomic mass is 16.3. The maximum Gasteiger partial charge on any atom is 0.0558 e. The molecule has 0 bridgehead atoms. The summed E-state index contributed by atoms with van der Waals surface area (Å²) < 4.78 is 0. The van der Waals surface area contributed by atoms with Crippen molar-refractivity contribution in [1.29, 1.82) is 0 Å². The van der Waals surface area contributed by atoms with Crippen molar-refractivity contribution in [2.45, 2.75) is 45.2 Å². The topological polar surface area (TPSA) is 35.5 Å². The molecule has 2 atom stereocenters. The quantitative estimate of drug-likeness (QED) is 0.694. The minimum Gasteiger partial charge on any atom is -0.395 e. The maximum absolute atomic E-state index is 9.03. The zero-order chi connectivity index (χ0) is 11.3. The fourth-order valence-electron chi connectivity index (χ4n) is 2.63. The third-order valence-electron chi connectivity index (χ3n) is 3.62. The number of rotatable bonds is 6. The van der Waals surface area contributed by atoms with Crippen LogP contribution in [0, 0.1) is 5.92 Å². The molecule has 1 rings (SSSR count). The van der Waals surface area contributed by atoms with Gasteiger partial charge in [0.1, 0.15) is 0 Å². The zero-order valence-electron chi connectivity index (χ0n) is 10.4. The zero-order valence-corrected chi connectivity index (χ0v) is 10.4. The summed E-state index contributed by atoms with van der Waals surface area (Å²) in [6.07, 6.45) is 3.99. The first kappa shape index (κ1) is 12.9. The minimum atomic E-state index is 0.273. The molecular formula is C12H26N2O. The summed E-state index contributed by atoms with van der Waals surface area (Å²) in [5.41, 5.74) is 0. The van der Waals surface area contributed by atoms with Crippen molar-refractivity contribution in [2.24, 2.45) is 5.92 Å². The lowest BCUT2D eigenvalue weighted by atomic mass is 10.0. The third-order valence-corrected chi connectivity index (χ3v) is 3.62. The Hall–Kier alpha value is -0.120. The van der Waals surface area contributed by atoms with Gasteiger partial charge in [-0.15, -0.1) is 0 Å². The van der Waals surface area contributed by atoms with Gasteiger partial charge in [-0.05, 0) is 39.7 Å². The van der Waals surface area contributed by atoms with Gasteiger partial charge in [0.05, 0.1) is 6.61 Å². The molecule has 2 N–H and O–H groups in total.